The Bertz CT molecular complexity index is 369. The Morgan fingerprint density at radius 2 is 1.89 bits per heavy atom. The lowest BCUT2D eigenvalue weighted by atomic mass is 10.1. The first-order valence-electron chi connectivity index (χ1n) is 6.05. The van der Waals surface area contributed by atoms with Crippen molar-refractivity contribution in [2.75, 3.05) is 33.5 Å². The van der Waals surface area contributed by atoms with Crippen LogP contribution in [0.5, 0.6) is 5.75 Å². The van der Waals surface area contributed by atoms with E-state index in [2.05, 4.69) is 4.98 Å². The maximum absolute atomic E-state index is 5.70. The Hall–Kier alpha value is -1.17. The molecule has 0 saturated carbocycles. The number of pyridine rings is 1. The molecule has 0 aromatic carbocycles. The summed E-state index contributed by atoms with van der Waals surface area (Å²) in [5, 5.41) is 0. The van der Waals surface area contributed by atoms with Crippen molar-refractivity contribution < 1.29 is 14.2 Å². The second-order valence-electron chi connectivity index (χ2n) is 3.98. The van der Waals surface area contributed by atoms with E-state index in [9.17, 15) is 0 Å². The fourth-order valence-corrected chi connectivity index (χ4v) is 1.65. The van der Waals surface area contributed by atoms with Gasteiger partial charge in [-0.3, -0.25) is 4.98 Å². The SMILES string of the molecule is COCCOCCOc1cc(C)nc(C)c1CN. The number of nitrogens with two attached hydrogens (primary N) is 1. The molecule has 0 saturated heterocycles. The van der Waals surface area contributed by atoms with E-state index in [1.54, 1.807) is 7.11 Å². The molecule has 18 heavy (non-hydrogen) atoms. The molecule has 0 aliphatic carbocycles. The van der Waals surface area contributed by atoms with E-state index in [-0.39, 0.29) is 0 Å². The fourth-order valence-electron chi connectivity index (χ4n) is 1.65. The summed E-state index contributed by atoms with van der Waals surface area (Å²) in [6, 6.07) is 1.91. The quantitative estimate of drug-likeness (QED) is 0.706. The van der Waals surface area contributed by atoms with E-state index in [4.69, 9.17) is 19.9 Å². The molecule has 0 bridgehead atoms. The van der Waals surface area contributed by atoms with Gasteiger partial charge in [0.25, 0.3) is 0 Å². The van der Waals surface area contributed by atoms with E-state index in [0.717, 1.165) is 22.7 Å². The Labute approximate surface area is 108 Å². The van der Waals surface area contributed by atoms with Crippen LogP contribution in [0.25, 0.3) is 0 Å². The molecule has 5 heteroatoms. The molecule has 0 amide bonds. The van der Waals surface area contributed by atoms with Gasteiger partial charge in [0.15, 0.2) is 0 Å². The Morgan fingerprint density at radius 1 is 1.17 bits per heavy atom. The van der Waals surface area contributed by atoms with Crippen LogP contribution in [0.1, 0.15) is 17.0 Å². The molecule has 0 unspecified atom stereocenters. The molecule has 1 heterocycles. The largest absolute Gasteiger partial charge is 0.491 e. The highest BCUT2D eigenvalue weighted by atomic mass is 16.5. The second kappa shape index (κ2) is 8.02. The zero-order chi connectivity index (χ0) is 13.4. The van der Waals surface area contributed by atoms with Crippen LogP contribution in [0.2, 0.25) is 0 Å². The monoisotopic (exact) mass is 254 g/mol. The lowest BCUT2D eigenvalue weighted by Crippen LogP contribution is -2.12. The number of aromatic nitrogens is 1. The lowest BCUT2D eigenvalue weighted by Gasteiger charge is -2.13. The van der Waals surface area contributed by atoms with Crippen LogP contribution in [-0.4, -0.2) is 38.5 Å². The van der Waals surface area contributed by atoms with Crippen LogP contribution < -0.4 is 10.5 Å². The van der Waals surface area contributed by atoms with Gasteiger partial charge in [0.05, 0.1) is 19.8 Å². The van der Waals surface area contributed by atoms with Crippen LogP contribution in [0.4, 0.5) is 0 Å². The van der Waals surface area contributed by atoms with Crippen molar-refractivity contribution in [3.8, 4) is 5.75 Å². The van der Waals surface area contributed by atoms with E-state index in [0.29, 0.717) is 33.0 Å². The minimum atomic E-state index is 0.430. The molecule has 1 aromatic rings. The van der Waals surface area contributed by atoms with E-state index in [1.165, 1.54) is 0 Å². The predicted octanol–water partition coefficient (Wildman–Crippen LogP) is 1.20. The summed E-state index contributed by atoms with van der Waals surface area (Å²) in [4.78, 5) is 4.37. The van der Waals surface area contributed by atoms with Gasteiger partial charge in [-0.05, 0) is 13.8 Å². The van der Waals surface area contributed by atoms with Crippen LogP contribution in [0, 0.1) is 13.8 Å². The summed E-state index contributed by atoms with van der Waals surface area (Å²) < 4.78 is 15.9. The van der Waals surface area contributed by atoms with Crippen molar-refractivity contribution in [3.63, 3.8) is 0 Å². The highest BCUT2D eigenvalue weighted by molar-refractivity contribution is 5.37. The lowest BCUT2D eigenvalue weighted by molar-refractivity contribution is 0.0542. The molecular weight excluding hydrogens is 232 g/mol. The molecule has 0 aliphatic heterocycles. The van der Waals surface area contributed by atoms with E-state index in [1.807, 2.05) is 19.9 Å². The zero-order valence-corrected chi connectivity index (χ0v) is 11.4. The smallest absolute Gasteiger partial charge is 0.127 e. The molecule has 5 nitrogen and oxygen atoms in total. The summed E-state index contributed by atoms with van der Waals surface area (Å²) in [6.07, 6.45) is 0. The summed E-state index contributed by atoms with van der Waals surface area (Å²) in [6.45, 7) is 6.53. The molecule has 102 valence electrons. The third-order valence-electron chi connectivity index (χ3n) is 2.54. The van der Waals surface area contributed by atoms with Gasteiger partial charge in [-0.1, -0.05) is 0 Å². The van der Waals surface area contributed by atoms with Gasteiger partial charge in [-0.15, -0.1) is 0 Å². The molecular formula is C13H22N2O3. The van der Waals surface area contributed by atoms with Crippen LogP contribution in [0.3, 0.4) is 0 Å². The number of nitrogens with zero attached hydrogens (tertiary/aromatic N) is 1. The standard InChI is InChI=1S/C13H22N2O3/c1-10-8-13(12(9-14)11(2)15-10)18-7-6-17-5-4-16-3/h8H,4-7,9,14H2,1-3H3. The first-order chi connectivity index (χ1) is 8.69. The molecule has 0 spiro atoms. The van der Waals surface area contributed by atoms with Crippen LogP contribution in [0.15, 0.2) is 6.07 Å². The average molecular weight is 254 g/mol. The summed E-state index contributed by atoms with van der Waals surface area (Å²) >= 11 is 0. The number of aryl methyl sites for hydroxylation is 2. The Morgan fingerprint density at radius 3 is 2.56 bits per heavy atom. The first kappa shape index (κ1) is 14.9. The predicted molar refractivity (Wildman–Crippen MR) is 69.8 cm³/mol. The highest BCUT2D eigenvalue weighted by Crippen LogP contribution is 2.21. The highest BCUT2D eigenvalue weighted by Gasteiger charge is 2.08. The molecule has 0 atom stereocenters. The Kier molecular flexibility index (Phi) is 6.64. The van der Waals surface area contributed by atoms with Crippen molar-refractivity contribution in [2.45, 2.75) is 20.4 Å². The third kappa shape index (κ3) is 4.60. The Balaban J connectivity index is 2.46. The van der Waals surface area contributed by atoms with Crippen LogP contribution >= 0.6 is 0 Å². The average Bonchev–Trinajstić information content (AvgIpc) is 2.33. The summed E-state index contributed by atoms with van der Waals surface area (Å²) in [5.41, 5.74) is 8.51. The zero-order valence-electron chi connectivity index (χ0n) is 11.4. The minimum Gasteiger partial charge on any atom is -0.491 e. The van der Waals surface area contributed by atoms with Crippen molar-refractivity contribution in [1.29, 1.82) is 0 Å². The van der Waals surface area contributed by atoms with Gasteiger partial charge in [0.1, 0.15) is 12.4 Å². The topological polar surface area (TPSA) is 66.6 Å². The maximum Gasteiger partial charge on any atom is 0.127 e. The van der Waals surface area contributed by atoms with Gasteiger partial charge in [0, 0.05) is 36.7 Å². The van der Waals surface area contributed by atoms with Crippen molar-refractivity contribution in [1.82, 2.24) is 4.98 Å². The minimum absolute atomic E-state index is 0.430. The molecule has 1 aromatic heterocycles. The van der Waals surface area contributed by atoms with E-state index >= 15 is 0 Å². The molecule has 0 aliphatic rings. The van der Waals surface area contributed by atoms with E-state index < -0.39 is 0 Å². The number of ether oxygens (including phenoxy) is 3. The molecule has 0 fully saturated rings. The number of hydrogen-bond acceptors (Lipinski definition) is 5. The second-order valence-corrected chi connectivity index (χ2v) is 3.98. The molecule has 2 N–H and O–H groups in total. The van der Waals surface area contributed by atoms with Gasteiger partial charge in [-0.2, -0.15) is 0 Å². The van der Waals surface area contributed by atoms with Gasteiger partial charge in [0.2, 0.25) is 0 Å². The third-order valence-corrected chi connectivity index (χ3v) is 2.54. The van der Waals surface area contributed by atoms with Gasteiger partial charge in [-0.25, -0.2) is 0 Å². The van der Waals surface area contributed by atoms with Gasteiger partial charge >= 0.3 is 0 Å². The number of methoxy groups -OCH3 is 1. The maximum atomic E-state index is 5.70. The van der Waals surface area contributed by atoms with Crippen LogP contribution in [-0.2, 0) is 16.0 Å². The van der Waals surface area contributed by atoms with Crippen molar-refractivity contribution in [3.05, 3.63) is 23.0 Å². The summed E-state index contributed by atoms with van der Waals surface area (Å²) in [7, 11) is 1.65. The fraction of sp³-hybridized carbons (Fsp3) is 0.615. The van der Waals surface area contributed by atoms with Crippen molar-refractivity contribution in [2.24, 2.45) is 5.73 Å². The number of rotatable bonds is 8. The van der Waals surface area contributed by atoms with Crippen molar-refractivity contribution >= 4 is 0 Å². The molecule has 0 radical (unpaired) electrons. The normalized spacial score (nSPS) is 10.7. The molecule has 1 rings (SSSR count). The first-order valence-corrected chi connectivity index (χ1v) is 6.05. The number of hydrogen-bond donors (Lipinski definition) is 1. The van der Waals surface area contributed by atoms with Gasteiger partial charge < -0.3 is 19.9 Å². The summed E-state index contributed by atoms with van der Waals surface area (Å²) in [5.74, 6) is 0.804.